The fraction of sp³-hybridized carbons (Fsp3) is 0.0769. The molecule has 2 nitrogen and oxygen atoms in total. The number of hydrogen-bond acceptors (Lipinski definition) is 3. The van der Waals surface area contributed by atoms with Crippen molar-refractivity contribution in [3.05, 3.63) is 96.1 Å². The topological polar surface area (TPSA) is 18.5 Å². The first-order valence-corrected chi connectivity index (χ1v) is 10.4. The Bertz CT molecular complexity index is 1200. The van der Waals surface area contributed by atoms with E-state index in [1.54, 1.807) is 0 Å². The van der Waals surface area contributed by atoms with E-state index in [1.165, 1.54) is 20.2 Å². The molecule has 1 aromatic heterocycles. The molecule has 0 spiro atoms. The average molecular weight is 397 g/mol. The Morgan fingerprint density at radius 3 is 1.38 bits per heavy atom. The van der Waals surface area contributed by atoms with Gasteiger partial charge in [-0.25, -0.2) is 0 Å². The van der Waals surface area contributed by atoms with E-state index in [0.717, 1.165) is 34.1 Å². The van der Waals surface area contributed by atoms with Crippen molar-refractivity contribution >= 4 is 31.5 Å². The lowest BCUT2D eigenvalue weighted by molar-refractivity contribution is 0.479. The third kappa shape index (κ3) is 3.45. The molecule has 0 fully saturated rings. The highest BCUT2D eigenvalue weighted by Gasteiger charge is 2.13. The van der Waals surface area contributed by atoms with E-state index in [1.807, 2.05) is 72.0 Å². The number of aryl methyl sites for hydroxylation is 2. The number of para-hydroxylation sites is 2. The van der Waals surface area contributed by atoms with Crippen LogP contribution in [-0.4, -0.2) is 0 Å². The molecule has 0 unspecified atom stereocenters. The van der Waals surface area contributed by atoms with Gasteiger partial charge in [0, 0.05) is 20.2 Å². The maximum atomic E-state index is 6.16. The molecule has 142 valence electrons. The lowest BCUT2D eigenvalue weighted by Gasteiger charge is -2.10. The predicted molar refractivity (Wildman–Crippen MR) is 122 cm³/mol. The monoisotopic (exact) mass is 396 g/mol. The van der Waals surface area contributed by atoms with Crippen molar-refractivity contribution in [3.63, 3.8) is 0 Å². The Morgan fingerprint density at radius 2 is 0.966 bits per heavy atom. The van der Waals surface area contributed by atoms with Crippen molar-refractivity contribution in [1.82, 2.24) is 0 Å². The molecule has 0 aliphatic carbocycles. The van der Waals surface area contributed by atoms with Crippen LogP contribution in [0.1, 0.15) is 11.1 Å². The summed E-state index contributed by atoms with van der Waals surface area (Å²) in [6.07, 6.45) is 0. The highest BCUT2D eigenvalue weighted by Crippen LogP contribution is 2.41. The van der Waals surface area contributed by atoms with Gasteiger partial charge in [-0.3, -0.25) is 0 Å². The molecule has 0 radical (unpaired) electrons. The van der Waals surface area contributed by atoms with E-state index >= 15 is 0 Å². The molecular formula is C26H20O2S. The first-order valence-electron chi connectivity index (χ1n) is 9.61. The molecule has 1 heterocycles. The number of rotatable bonds is 4. The van der Waals surface area contributed by atoms with Crippen LogP contribution in [0.4, 0.5) is 0 Å². The average Bonchev–Trinajstić information content (AvgIpc) is 3.06. The number of fused-ring (bicyclic) bond motifs is 3. The summed E-state index contributed by atoms with van der Waals surface area (Å²) in [6, 6.07) is 28.6. The smallest absolute Gasteiger partial charge is 0.131 e. The van der Waals surface area contributed by atoms with Crippen molar-refractivity contribution in [2.45, 2.75) is 13.8 Å². The minimum absolute atomic E-state index is 0.846. The van der Waals surface area contributed by atoms with Crippen LogP contribution in [0.15, 0.2) is 84.9 Å². The quantitative estimate of drug-likeness (QED) is 0.304. The zero-order valence-electron chi connectivity index (χ0n) is 16.3. The molecule has 4 aromatic carbocycles. The minimum atomic E-state index is 0.846. The van der Waals surface area contributed by atoms with Gasteiger partial charge in [0.05, 0.1) is 0 Å². The third-order valence-electron chi connectivity index (χ3n) is 5.01. The first kappa shape index (κ1) is 17.8. The summed E-state index contributed by atoms with van der Waals surface area (Å²) >= 11 is 1.81. The molecule has 0 N–H and O–H groups in total. The summed E-state index contributed by atoms with van der Waals surface area (Å²) in [5.41, 5.74) is 2.26. The van der Waals surface area contributed by atoms with Crippen molar-refractivity contribution in [3.8, 4) is 23.0 Å². The SMILES string of the molecule is Cc1cc2sc3cc(C)c(Oc4ccccc4)cc3c2cc1Oc1ccccc1. The largest absolute Gasteiger partial charge is 0.457 e. The Kier molecular flexibility index (Phi) is 4.45. The summed E-state index contributed by atoms with van der Waals surface area (Å²) in [6.45, 7) is 4.19. The van der Waals surface area contributed by atoms with Gasteiger partial charge >= 0.3 is 0 Å². The van der Waals surface area contributed by atoms with Crippen LogP contribution in [0.5, 0.6) is 23.0 Å². The normalized spacial score (nSPS) is 11.1. The lowest BCUT2D eigenvalue weighted by Crippen LogP contribution is -1.88. The van der Waals surface area contributed by atoms with Crippen molar-refractivity contribution in [1.29, 1.82) is 0 Å². The second kappa shape index (κ2) is 7.26. The maximum absolute atomic E-state index is 6.16. The van der Waals surface area contributed by atoms with Gasteiger partial charge in [-0.2, -0.15) is 0 Å². The van der Waals surface area contributed by atoms with Gasteiger partial charge in [0.15, 0.2) is 0 Å². The Hall–Kier alpha value is -3.30. The van der Waals surface area contributed by atoms with Crippen LogP contribution in [0.2, 0.25) is 0 Å². The second-order valence-electron chi connectivity index (χ2n) is 7.16. The van der Waals surface area contributed by atoms with Crippen molar-refractivity contribution in [2.75, 3.05) is 0 Å². The van der Waals surface area contributed by atoms with Crippen LogP contribution >= 0.6 is 11.3 Å². The summed E-state index contributed by atoms with van der Waals surface area (Å²) in [4.78, 5) is 0. The van der Waals surface area contributed by atoms with E-state index in [9.17, 15) is 0 Å². The number of benzene rings is 4. The predicted octanol–water partition coefficient (Wildman–Crippen LogP) is 8.26. The van der Waals surface area contributed by atoms with Crippen molar-refractivity contribution in [2.24, 2.45) is 0 Å². The zero-order chi connectivity index (χ0) is 19.8. The summed E-state index contributed by atoms with van der Waals surface area (Å²) in [5, 5.41) is 2.39. The Labute approximate surface area is 174 Å². The van der Waals surface area contributed by atoms with E-state index in [2.05, 4.69) is 38.1 Å². The van der Waals surface area contributed by atoms with Crippen LogP contribution in [0.3, 0.4) is 0 Å². The zero-order valence-corrected chi connectivity index (χ0v) is 17.1. The van der Waals surface area contributed by atoms with Crippen LogP contribution in [0, 0.1) is 13.8 Å². The molecular weight excluding hydrogens is 376 g/mol. The van der Waals surface area contributed by atoms with E-state index in [-0.39, 0.29) is 0 Å². The van der Waals surface area contributed by atoms with Crippen molar-refractivity contribution < 1.29 is 9.47 Å². The molecule has 0 atom stereocenters. The fourth-order valence-electron chi connectivity index (χ4n) is 3.48. The van der Waals surface area contributed by atoms with Gasteiger partial charge < -0.3 is 9.47 Å². The Morgan fingerprint density at radius 1 is 0.552 bits per heavy atom. The molecule has 5 rings (SSSR count). The van der Waals surface area contributed by atoms with Gasteiger partial charge in [0.1, 0.15) is 23.0 Å². The van der Waals surface area contributed by atoms with E-state index in [4.69, 9.17) is 9.47 Å². The molecule has 0 saturated carbocycles. The van der Waals surface area contributed by atoms with Crippen LogP contribution in [0.25, 0.3) is 20.2 Å². The second-order valence-corrected chi connectivity index (χ2v) is 8.24. The summed E-state index contributed by atoms with van der Waals surface area (Å²) in [7, 11) is 0. The van der Waals surface area contributed by atoms with E-state index in [0.29, 0.717) is 0 Å². The van der Waals surface area contributed by atoms with Gasteiger partial charge in [0.2, 0.25) is 0 Å². The van der Waals surface area contributed by atoms with Crippen LogP contribution < -0.4 is 9.47 Å². The maximum Gasteiger partial charge on any atom is 0.131 e. The standard InChI is InChI=1S/C26H20O2S/c1-17-13-25-21(15-23(17)27-19-9-5-3-6-10-19)22-16-24(18(2)14-26(22)29-25)28-20-11-7-4-8-12-20/h3-16H,1-2H3. The highest BCUT2D eigenvalue weighted by atomic mass is 32.1. The van der Waals surface area contributed by atoms with E-state index < -0.39 is 0 Å². The number of hydrogen-bond donors (Lipinski definition) is 0. The molecule has 0 aliphatic rings. The number of thiophene rings is 1. The molecule has 0 aliphatic heterocycles. The molecule has 3 heteroatoms. The molecule has 29 heavy (non-hydrogen) atoms. The molecule has 0 bridgehead atoms. The third-order valence-corrected chi connectivity index (χ3v) is 6.12. The number of ether oxygens (including phenoxy) is 2. The summed E-state index contributed by atoms with van der Waals surface area (Å²) < 4.78 is 14.8. The Balaban J connectivity index is 1.61. The molecule has 5 aromatic rings. The van der Waals surface area contributed by atoms with Crippen LogP contribution in [-0.2, 0) is 0 Å². The lowest BCUT2D eigenvalue weighted by atomic mass is 10.1. The van der Waals surface area contributed by atoms with Gasteiger partial charge in [0.25, 0.3) is 0 Å². The fourth-order valence-corrected chi connectivity index (χ4v) is 4.75. The first-order chi connectivity index (χ1) is 14.2. The highest BCUT2D eigenvalue weighted by molar-refractivity contribution is 7.25. The summed E-state index contributed by atoms with van der Waals surface area (Å²) in [5.74, 6) is 3.46. The van der Waals surface area contributed by atoms with Gasteiger partial charge in [-0.05, 0) is 73.5 Å². The molecule has 0 saturated heterocycles. The minimum Gasteiger partial charge on any atom is -0.457 e. The molecule has 0 amide bonds. The van der Waals surface area contributed by atoms with Gasteiger partial charge in [-0.1, -0.05) is 36.4 Å². The van der Waals surface area contributed by atoms with Gasteiger partial charge in [-0.15, -0.1) is 11.3 Å².